The van der Waals surface area contributed by atoms with Crippen molar-refractivity contribution in [3.8, 4) is 6.07 Å². The number of nitrogens with zero attached hydrogens (tertiary/aromatic N) is 1. The summed E-state index contributed by atoms with van der Waals surface area (Å²) in [5.74, 6) is 1.28. The fourth-order valence-corrected chi connectivity index (χ4v) is 3.73. The van der Waals surface area contributed by atoms with Crippen LogP contribution in [0.3, 0.4) is 0 Å². The molecule has 0 spiro atoms. The molecule has 0 aromatic rings. The summed E-state index contributed by atoms with van der Waals surface area (Å²) in [4.78, 5) is 11.2. The predicted molar refractivity (Wildman–Crippen MR) is 84.8 cm³/mol. The second-order valence-corrected chi connectivity index (χ2v) is 6.86. The van der Waals surface area contributed by atoms with E-state index in [0.717, 1.165) is 44.4 Å². The van der Waals surface area contributed by atoms with Gasteiger partial charge in [-0.1, -0.05) is 33.6 Å². The highest BCUT2D eigenvalue weighted by atomic mass is 16.5. The lowest BCUT2D eigenvalue weighted by Gasteiger charge is -2.35. The van der Waals surface area contributed by atoms with Gasteiger partial charge in [0.2, 0.25) is 0 Å². The molecule has 4 unspecified atom stereocenters. The molecule has 1 aliphatic rings. The van der Waals surface area contributed by atoms with Gasteiger partial charge in [-0.3, -0.25) is 4.79 Å². The molecule has 1 rings (SSSR count). The number of Topliss-reactive ketones (excluding diaryl/α,β-unsaturated/α-hetero) is 1. The number of ether oxygens (including phenoxy) is 1. The number of hydrogen-bond donors (Lipinski definition) is 0. The van der Waals surface area contributed by atoms with Crippen LogP contribution in [-0.2, 0) is 9.53 Å². The van der Waals surface area contributed by atoms with Gasteiger partial charge in [0.15, 0.2) is 5.78 Å². The predicted octanol–water partition coefficient (Wildman–Crippen LogP) is 4.51. The Balaban J connectivity index is 2.78. The van der Waals surface area contributed by atoms with E-state index in [1.54, 1.807) is 6.92 Å². The van der Waals surface area contributed by atoms with E-state index in [1.807, 2.05) is 0 Å². The molecule has 0 aromatic heterocycles. The Morgan fingerprint density at radius 2 is 2.14 bits per heavy atom. The van der Waals surface area contributed by atoms with Crippen LogP contribution < -0.4 is 0 Å². The van der Waals surface area contributed by atoms with Gasteiger partial charge < -0.3 is 4.74 Å². The van der Waals surface area contributed by atoms with E-state index in [2.05, 4.69) is 26.8 Å². The third kappa shape index (κ3) is 5.11. The van der Waals surface area contributed by atoms with Crippen molar-refractivity contribution in [2.24, 2.45) is 17.3 Å². The van der Waals surface area contributed by atoms with Crippen molar-refractivity contribution in [2.75, 3.05) is 6.61 Å². The second kappa shape index (κ2) is 8.54. The summed E-state index contributed by atoms with van der Waals surface area (Å²) in [7, 11) is 0. The number of hydrogen-bond acceptors (Lipinski definition) is 3. The van der Waals surface area contributed by atoms with Crippen LogP contribution in [0.25, 0.3) is 0 Å². The van der Waals surface area contributed by atoms with Crippen LogP contribution in [-0.4, -0.2) is 18.5 Å². The van der Waals surface area contributed by atoms with Crippen LogP contribution >= 0.6 is 0 Å². The first-order valence-corrected chi connectivity index (χ1v) is 8.49. The molecule has 21 heavy (non-hydrogen) atoms. The van der Waals surface area contributed by atoms with E-state index < -0.39 is 0 Å². The zero-order valence-electron chi connectivity index (χ0n) is 14.2. The molecule has 1 aliphatic carbocycles. The summed E-state index contributed by atoms with van der Waals surface area (Å²) >= 11 is 0. The van der Waals surface area contributed by atoms with Gasteiger partial charge in [0.1, 0.15) is 6.61 Å². The SMILES string of the molecule is CCCC(CC(C#N)(CC)C1CCC(C)C1)OCC(C)=O. The minimum absolute atomic E-state index is 0.0365. The average molecular weight is 293 g/mol. The molecule has 3 heteroatoms. The molecule has 120 valence electrons. The van der Waals surface area contributed by atoms with Gasteiger partial charge in [-0.05, 0) is 50.9 Å². The molecule has 0 N–H and O–H groups in total. The van der Waals surface area contributed by atoms with Crippen molar-refractivity contribution in [1.82, 2.24) is 0 Å². The van der Waals surface area contributed by atoms with Crippen molar-refractivity contribution in [3.05, 3.63) is 0 Å². The molecular weight excluding hydrogens is 262 g/mol. The summed E-state index contributed by atoms with van der Waals surface area (Å²) < 4.78 is 5.79. The molecule has 1 fully saturated rings. The van der Waals surface area contributed by atoms with Crippen LogP contribution in [0.1, 0.15) is 72.6 Å². The Morgan fingerprint density at radius 1 is 1.43 bits per heavy atom. The summed E-state index contributed by atoms with van der Waals surface area (Å²) in [6, 6.07) is 2.64. The molecular formula is C18H31NO2. The average Bonchev–Trinajstić information content (AvgIpc) is 2.89. The molecule has 0 aromatic carbocycles. The monoisotopic (exact) mass is 293 g/mol. The van der Waals surface area contributed by atoms with E-state index in [-0.39, 0.29) is 23.9 Å². The maximum Gasteiger partial charge on any atom is 0.155 e. The second-order valence-electron chi connectivity index (χ2n) is 6.86. The van der Waals surface area contributed by atoms with Crippen LogP contribution in [0.5, 0.6) is 0 Å². The molecule has 0 radical (unpaired) electrons. The maximum absolute atomic E-state index is 11.2. The molecule has 1 saturated carbocycles. The summed E-state index contributed by atoms with van der Waals surface area (Å²) in [5, 5.41) is 9.85. The number of carbonyl (C=O) groups is 1. The topological polar surface area (TPSA) is 50.1 Å². The number of ketones is 1. The Bertz CT molecular complexity index is 374. The van der Waals surface area contributed by atoms with Crippen LogP contribution in [0.4, 0.5) is 0 Å². The summed E-state index contributed by atoms with van der Waals surface area (Å²) in [6.45, 7) is 8.27. The van der Waals surface area contributed by atoms with Crippen molar-refractivity contribution in [2.45, 2.75) is 78.7 Å². The minimum atomic E-state index is -0.276. The molecule has 0 aliphatic heterocycles. The minimum Gasteiger partial charge on any atom is -0.370 e. The van der Waals surface area contributed by atoms with Crippen molar-refractivity contribution < 1.29 is 9.53 Å². The zero-order chi connectivity index (χ0) is 15.9. The fourth-order valence-electron chi connectivity index (χ4n) is 3.73. The molecule has 0 amide bonds. The zero-order valence-corrected chi connectivity index (χ0v) is 14.2. The molecule has 0 bridgehead atoms. The van der Waals surface area contributed by atoms with Crippen molar-refractivity contribution in [1.29, 1.82) is 5.26 Å². The van der Waals surface area contributed by atoms with Gasteiger partial charge >= 0.3 is 0 Å². The molecule has 0 saturated heterocycles. The maximum atomic E-state index is 11.2. The highest BCUT2D eigenvalue weighted by molar-refractivity contribution is 5.76. The molecule has 0 heterocycles. The summed E-state index contributed by atoms with van der Waals surface area (Å²) in [6.07, 6.45) is 7.20. The standard InChI is InChI=1S/C18H31NO2/c1-5-7-17(21-12-15(4)20)11-18(6-2,13-19)16-9-8-14(3)10-16/h14,16-17H,5-12H2,1-4H3. The first-order valence-electron chi connectivity index (χ1n) is 8.49. The largest absolute Gasteiger partial charge is 0.370 e. The number of carbonyl (C=O) groups excluding carboxylic acids is 1. The lowest BCUT2D eigenvalue weighted by Crippen LogP contribution is -2.33. The molecule has 3 nitrogen and oxygen atoms in total. The van der Waals surface area contributed by atoms with Crippen LogP contribution in [0, 0.1) is 28.6 Å². The van der Waals surface area contributed by atoms with Crippen molar-refractivity contribution in [3.63, 3.8) is 0 Å². The molecule has 4 atom stereocenters. The van der Waals surface area contributed by atoms with E-state index in [9.17, 15) is 10.1 Å². The number of rotatable bonds is 9. The van der Waals surface area contributed by atoms with Crippen molar-refractivity contribution >= 4 is 5.78 Å². The van der Waals surface area contributed by atoms with E-state index in [1.165, 1.54) is 6.42 Å². The van der Waals surface area contributed by atoms with Crippen LogP contribution in [0.2, 0.25) is 0 Å². The first-order chi connectivity index (χ1) is 9.97. The van der Waals surface area contributed by atoms with Gasteiger partial charge in [-0.2, -0.15) is 5.26 Å². The highest BCUT2D eigenvalue weighted by Gasteiger charge is 2.42. The van der Waals surface area contributed by atoms with E-state index >= 15 is 0 Å². The lowest BCUT2D eigenvalue weighted by atomic mass is 9.69. The Labute approximate surface area is 130 Å². The number of nitriles is 1. The van der Waals surface area contributed by atoms with E-state index in [4.69, 9.17) is 4.74 Å². The highest BCUT2D eigenvalue weighted by Crippen LogP contribution is 2.47. The Hall–Kier alpha value is -0.880. The van der Waals surface area contributed by atoms with Gasteiger partial charge in [0, 0.05) is 0 Å². The first kappa shape index (κ1) is 18.2. The fraction of sp³-hybridized carbons (Fsp3) is 0.889. The van der Waals surface area contributed by atoms with Crippen LogP contribution in [0.15, 0.2) is 0 Å². The smallest absolute Gasteiger partial charge is 0.155 e. The third-order valence-electron chi connectivity index (χ3n) is 5.05. The Kier molecular flexibility index (Phi) is 7.39. The summed E-state index contributed by atoms with van der Waals surface area (Å²) in [5.41, 5.74) is -0.276. The Morgan fingerprint density at radius 3 is 2.57 bits per heavy atom. The van der Waals surface area contributed by atoms with E-state index in [0.29, 0.717) is 5.92 Å². The van der Waals surface area contributed by atoms with Gasteiger partial charge in [0.05, 0.1) is 17.6 Å². The van der Waals surface area contributed by atoms with Gasteiger partial charge in [-0.15, -0.1) is 0 Å². The third-order valence-corrected chi connectivity index (χ3v) is 5.05. The lowest BCUT2D eigenvalue weighted by molar-refractivity contribution is -0.124. The van der Waals surface area contributed by atoms with Gasteiger partial charge in [0.25, 0.3) is 0 Å². The quantitative estimate of drug-likeness (QED) is 0.628. The normalized spacial score (nSPS) is 26.0. The van der Waals surface area contributed by atoms with Gasteiger partial charge in [-0.25, -0.2) is 0 Å².